The largest absolute Gasteiger partial charge is 0.408 e. The standard InChI is InChI=1S/C7H16O2Si/c1-5-7(6-8)9-10(2,3)4/h6-7H,5H2,1-4H3/t7-/m0/s1. The van der Waals surface area contributed by atoms with E-state index in [-0.39, 0.29) is 6.10 Å². The molecule has 2 nitrogen and oxygen atoms in total. The van der Waals surface area contributed by atoms with Gasteiger partial charge in [0.2, 0.25) is 0 Å². The lowest BCUT2D eigenvalue weighted by molar-refractivity contribution is -0.114. The third kappa shape index (κ3) is 4.70. The van der Waals surface area contributed by atoms with Crippen molar-refractivity contribution in [3.8, 4) is 0 Å². The Kier molecular flexibility index (Phi) is 3.82. The maximum absolute atomic E-state index is 10.3. The lowest BCUT2D eigenvalue weighted by atomic mass is 10.3. The zero-order chi connectivity index (χ0) is 8.20. The first-order valence-electron chi connectivity index (χ1n) is 3.62. The Hall–Kier alpha value is -0.153. The first kappa shape index (κ1) is 9.85. The van der Waals surface area contributed by atoms with Gasteiger partial charge in [-0.2, -0.15) is 0 Å². The highest BCUT2D eigenvalue weighted by atomic mass is 28.4. The summed E-state index contributed by atoms with van der Waals surface area (Å²) >= 11 is 0. The van der Waals surface area contributed by atoms with E-state index in [4.69, 9.17) is 4.43 Å². The molecule has 0 spiro atoms. The van der Waals surface area contributed by atoms with Gasteiger partial charge in [-0.25, -0.2) is 0 Å². The normalized spacial score (nSPS) is 14.8. The number of hydrogen-bond acceptors (Lipinski definition) is 2. The van der Waals surface area contributed by atoms with Crippen LogP contribution in [-0.4, -0.2) is 20.7 Å². The predicted octanol–water partition coefficient (Wildman–Crippen LogP) is 1.82. The van der Waals surface area contributed by atoms with Gasteiger partial charge < -0.3 is 9.22 Å². The number of rotatable bonds is 4. The van der Waals surface area contributed by atoms with E-state index in [0.29, 0.717) is 0 Å². The fraction of sp³-hybridized carbons (Fsp3) is 0.857. The van der Waals surface area contributed by atoms with Gasteiger partial charge >= 0.3 is 0 Å². The van der Waals surface area contributed by atoms with Crippen LogP contribution in [0.5, 0.6) is 0 Å². The van der Waals surface area contributed by atoms with Crippen molar-refractivity contribution in [2.75, 3.05) is 0 Å². The van der Waals surface area contributed by atoms with Crippen molar-refractivity contribution in [1.29, 1.82) is 0 Å². The molecule has 0 unspecified atom stereocenters. The summed E-state index contributed by atoms with van der Waals surface area (Å²) in [5.74, 6) is 0. The zero-order valence-corrected chi connectivity index (χ0v) is 8.18. The van der Waals surface area contributed by atoms with E-state index >= 15 is 0 Å². The molecule has 0 heterocycles. The van der Waals surface area contributed by atoms with Gasteiger partial charge in [-0.1, -0.05) is 6.92 Å². The average Bonchev–Trinajstić information content (AvgIpc) is 1.81. The smallest absolute Gasteiger partial charge is 0.184 e. The third-order valence-electron chi connectivity index (χ3n) is 1.06. The molecule has 0 aliphatic carbocycles. The van der Waals surface area contributed by atoms with Gasteiger partial charge in [0.25, 0.3) is 0 Å². The van der Waals surface area contributed by atoms with Crippen molar-refractivity contribution in [3.05, 3.63) is 0 Å². The van der Waals surface area contributed by atoms with Gasteiger partial charge in [-0.15, -0.1) is 0 Å². The van der Waals surface area contributed by atoms with Crippen LogP contribution in [0.4, 0.5) is 0 Å². The molecule has 0 aromatic heterocycles. The Morgan fingerprint density at radius 1 is 1.50 bits per heavy atom. The summed E-state index contributed by atoms with van der Waals surface area (Å²) in [6, 6.07) is 0. The Bertz CT molecular complexity index is 107. The van der Waals surface area contributed by atoms with Crippen molar-refractivity contribution in [3.63, 3.8) is 0 Å². The van der Waals surface area contributed by atoms with E-state index in [1.165, 1.54) is 0 Å². The molecule has 0 aromatic carbocycles. The quantitative estimate of drug-likeness (QED) is 0.463. The molecule has 0 aliphatic rings. The molecule has 1 atom stereocenters. The Labute approximate surface area is 63.7 Å². The molecule has 0 fully saturated rings. The van der Waals surface area contributed by atoms with Gasteiger partial charge in [0.1, 0.15) is 12.4 Å². The molecular formula is C7H16O2Si. The molecule has 0 saturated heterocycles. The first-order chi connectivity index (χ1) is 4.49. The molecule has 60 valence electrons. The van der Waals surface area contributed by atoms with Crippen molar-refractivity contribution >= 4 is 14.6 Å². The minimum absolute atomic E-state index is 0.174. The maximum atomic E-state index is 10.3. The molecule has 10 heavy (non-hydrogen) atoms. The first-order valence-corrected chi connectivity index (χ1v) is 7.03. The number of carbonyl (C=O) groups excluding carboxylic acids is 1. The highest BCUT2D eigenvalue weighted by Gasteiger charge is 2.18. The molecule has 0 radical (unpaired) electrons. The number of aldehydes is 1. The predicted molar refractivity (Wildman–Crippen MR) is 44.6 cm³/mol. The van der Waals surface area contributed by atoms with Gasteiger partial charge in [-0.3, -0.25) is 0 Å². The molecule has 0 rings (SSSR count). The lowest BCUT2D eigenvalue weighted by Crippen LogP contribution is -2.32. The summed E-state index contributed by atoms with van der Waals surface area (Å²) < 4.78 is 5.51. The van der Waals surface area contributed by atoms with Crippen LogP contribution >= 0.6 is 0 Å². The minimum atomic E-state index is -1.49. The second kappa shape index (κ2) is 3.88. The van der Waals surface area contributed by atoms with Gasteiger partial charge in [-0.05, 0) is 26.1 Å². The highest BCUT2D eigenvalue weighted by molar-refractivity contribution is 6.69. The van der Waals surface area contributed by atoms with Crippen molar-refractivity contribution in [2.45, 2.75) is 39.1 Å². The van der Waals surface area contributed by atoms with Crippen LogP contribution in [0.2, 0.25) is 19.6 Å². The summed E-state index contributed by atoms with van der Waals surface area (Å²) in [5.41, 5.74) is 0. The van der Waals surface area contributed by atoms with E-state index in [2.05, 4.69) is 19.6 Å². The SMILES string of the molecule is CC[C@@H](C=O)O[Si](C)(C)C. The highest BCUT2D eigenvalue weighted by Crippen LogP contribution is 2.07. The minimum Gasteiger partial charge on any atom is -0.408 e. The van der Waals surface area contributed by atoms with Gasteiger partial charge in [0, 0.05) is 0 Å². The van der Waals surface area contributed by atoms with E-state index in [9.17, 15) is 4.79 Å². The summed E-state index contributed by atoms with van der Waals surface area (Å²) in [5, 5.41) is 0. The van der Waals surface area contributed by atoms with Crippen LogP contribution in [0.1, 0.15) is 13.3 Å². The summed E-state index contributed by atoms with van der Waals surface area (Å²) in [6.07, 6.45) is 1.50. The molecule has 3 heteroatoms. The van der Waals surface area contributed by atoms with Crippen molar-refractivity contribution in [2.24, 2.45) is 0 Å². The molecule has 0 aromatic rings. The Morgan fingerprint density at radius 2 is 2.00 bits per heavy atom. The molecule has 0 saturated carbocycles. The van der Waals surface area contributed by atoms with Crippen LogP contribution in [0, 0.1) is 0 Å². The van der Waals surface area contributed by atoms with E-state index in [1.807, 2.05) is 6.92 Å². The van der Waals surface area contributed by atoms with Crippen LogP contribution in [0.25, 0.3) is 0 Å². The fourth-order valence-corrected chi connectivity index (χ4v) is 1.79. The van der Waals surface area contributed by atoms with Crippen molar-refractivity contribution in [1.82, 2.24) is 0 Å². The number of hydrogen-bond donors (Lipinski definition) is 0. The maximum Gasteiger partial charge on any atom is 0.184 e. The van der Waals surface area contributed by atoms with Crippen LogP contribution in [0.3, 0.4) is 0 Å². The fourth-order valence-electron chi connectivity index (χ4n) is 0.661. The second-order valence-corrected chi connectivity index (χ2v) is 7.77. The van der Waals surface area contributed by atoms with Gasteiger partial charge in [0.15, 0.2) is 8.32 Å². The van der Waals surface area contributed by atoms with E-state index in [1.54, 1.807) is 0 Å². The van der Waals surface area contributed by atoms with Crippen molar-refractivity contribution < 1.29 is 9.22 Å². The summed E-state index contributed by atoms with van der Waals surface area (Å²) in [6.45, 7) is 8.21. The average molecular weight is 160 g/mol. The Morgan fingerprint density at radius 3 is 2.10 bits per heavy atom. The van der Waals surface area contributed by atoms with E-state index < -0.39 is 8.32 Å². The Balaban J connectivity index is 3.74. The second-order valence-electron chi connectivity index (χ2n) is 3.31. The topological polar surface area (TPSA) is 26.3 Å². The molecular weight excluding hydrogens is 144 g/mol. The number of carbonyl (C=O) groups is 1. The van der Waals surface area contributed by atoms with E-state index in [0.717, 1.165) is 12.7 Å². The monoisotopic (exact) mass is 160 g/mol. The van der Waals surface area contributed by atoms with Crippen LogP contribution in [-0.2, 0) is 9.22 Å². The molecule has 0 amide bonds. The summed E-state index contributed by atoms with van der Waals surface area (Å²) in [7, 11) is -1.49. The third-order valence-corrected chi connectivity index (χ3v) is 2.07. The van der Waals surface area contributed by atoms with Crippen LogP contribution < -0.4 is 0 Å². The lowest BCUT2D eigenvalue weighted by Gasteiger charge is -2.21. The molecule has 0 aliphatic heterocycles. The molecule has 0 N–H and O–H groups in total. The molecule has 0 bridgehead atoms. The van der Waals surface area contributed by atoms with Gasteiger partial charge in [0.05, 0.1) is 0 Å². The van der Waals surface area contributed by atoms with Crippen LogP contribution in [0.15, 0.2) is 0 Å². The zero-order valence-electron chi connectivity index (χ0n) is 7.18. The summed E-state index contributed by atoms with van der Waals surface area (Å²) in [4.78, 5) is 10.3.